The number of sulfonamides is 1. The Balaban J connectivity index is 1.68. The van der Waals surface area contributed by atoms with Gasteiger partial charge in [-0.15, -0.1) is 0 Å². The molecule has 2 heterocycles. The van der Waals surface area contributed by atoms with Crippen molar-refractivity contribution < 1.29 is 21.6 Å². The first kappa shape index (κ1) is 21.7. The van der Waals surface area contributed by atoms with Crippen molar-refractivity contribution in [2.24, 2.45) is 7.05 Å². The van der Waals surface area contributed by atoms with E-state index in [0.29, 0.717) is 5.56 Å². The second kappa shape index (κ2) is 8.18. The van der Waals surface area contributed by atoms with Gasteiger partial charge in [0.2, 0.25) is 0 Å². The Morgan fingerprint density at radius 2 is 1.84 bits per heavy atom. The summed E-state index contributed by atoms with van der Waals surface area (Å²) in [5.74, 6) is -3.08. The maximum atomic E-state index is 13.8. The van der Waals surface area contributed by atoms with Gasteiger partial charge in [-0.2, -0.15) is 4.31 Å². The SMILES string of the molecule is Cn1cnc(S(=O)(=O)N2CC(Nc3cc(F)c(F)c(Cl)c3)C(c3ccc(F)cc3)C2)c1. The summed E-state index contributed by atoms with van der Waals surface area (Å²) >= 11 is 5.75. The lowest BCUT2D eigenvalue weighted by atomic mass is 9.94. The van der Waals surface area contributed by atoms with Crippen molar-refractivity contribution in [2.45, 2.75) is 17.0 Å². The largest absolute Gasteiger partial charge is 0.380 e. The number of rotatable bonds is 5. The lowest BCUT2D eigenvalue weighted by molar-refractivity contribution is 0.468. The zero-order chi connectivity index (χ0) is 22.3. The maximum absolute atomic E-state index is 13.8. The molecule has 1 aliphatic heterocycles. The summed E-state index contributed by atoms with van der Waals surface area (Å²) in [7, 11) is -2.23. The number of halogens is 4. The first-order valence-electron chi connectivity index (χ1n) is 9.30. The summed E-state index contributed by atoms with van der Waals surface area (Å²) in [5, 5.41) is 2.57. The van der Waals surface area contributed by atoms with Gasteiger partial charge in [-0.25, -0.2) is 26.6 Å². The zero-order valence-electron chi connectivity index (χ0n) is 16.3. The molecule has 6 nitrogen and oxygen atoms in total. The third-order valence-corrected chi connectivity index (χ3v) is 7.20. The van der Waals surface area contributed by atoms with Gasteiger partial charge in [0.1, 0.15) is 5.82 Å². The number of aromatic nitrogens is 2. The molecule has 3 aromatic rings. The molecule has 0 bridgehead atoms. The van der Waals surface area contributed by atoms with E-state index in [1.165, 1.54) is 39.6 Å². The highest BCUT2D eigenvalue weighted by Crippen LogP contribution is 2.34. The van der Waals surface area contributed by atoms with Crippen LogP contribution in [0.15, 0.2) is 53.9 Å². The molecule has 1 aliphatic rings. The molecule has 0 spiro atoms. The Hall–Kier alpha value is -2.56. The molecule has 31 heavy (non-hydrogen) atoms. The van der Waals surface area contributed by atoms with Crippen molar-refractivity contribution >= 4 is 27.3 Å². The Morgan fingerprint density at radius 1 is 1.13 bits per heavy atom. The van der Waals surface area contributed by atoms with Gasteiger partial charge >= 0.3 is 0 Å². The number of nitrogens with one attached hydrogen (secondary N) is 1. The zero-order valence-corrected chi connectivity index (χ0v) is 17.8. The van der Waals surface area contributed by atoms with Crippen molar-refractivity contribution in [1.82, 2.24) is 13.9 Å². The first-order chi connectivity index (χ1) is 14.6. The Bertz CT molecular complexity index is 1190. The summed E-state index contributed by atoms with van der Waals surface area (Å²) < 4.78 is 69.7. The highest BCUT2D eigenvalue weighted by molar-refractivity contribution is 7.89. The molecule has 4 rings (SSSR count). The van der Waals surface area contributed by atoms with Crippen LogP contribution >= 0.6 is 11.6 Å². The van der Waals surface area contributed by atoms with Gasteiger partial charge < -0.3 is 9.88 Å². The fourth-order valence-electron chi connectivity index (χ4n) is 3.67. The van der Waals surface area contributed by atoms with Crippen LogP contribution in [0.3, 0.4) is 0 Å². The Kier molecular flexibility index (Phi) is 5.71. The van der Waals surface area contributed by atoms with Gasteiger partial charge in [0, 0.05) is 50.0 Å². The lowest BCUT2D eigenvalue weighted by Crippen LogP contribution is -2.32. The monoisotopic (exact) mass is 470 g/mol. The van der Waals surface area contributed by atoms with Crippen LogP contribution in [0.4, 0.5) is 18.9 Å². The molecular formula is C20H18ClF3N4O2S. The predicted molar refractivity (Wildman–Crippen MR) is 110 cm³/mol. The minimum atomic E-state index is -3.89. The topological polar surface area (TPSA) is 67.2 Å². The molecule has 2 unspecified atom stereocenters. The summed E-state index contributed by atoms with van der Waals surface area (Å²) in [5.41, 5.74) is 0.907. The smallest absolute Gasteiger partial charge is 0.262 e. The van der Waals surface area contributed by atoms with Crippen molar-refractivity contribution in [3.8, 4) is 0 Å². The lowest BCUT2D eigenvalue weighted by Gasteiger charge is -2.21. The van der Waals surface area contributed by atoms with E-state index in [1.54, 1.807) is 19.2 Å². The van der Waals surface area contributed by atoms with Gasteiger partial charge in [0.05, 0.1) is 11.3 Å². The normalized spacial score (nSPS) is 19.6. The summed E-state index contributed by atoms with van der Waals surface area (Å²) in [4.78, 5) is 3.94. The van der Waals surface area contributed by atoms with Crippen molar-refractivity contribution in [2.75, 3.05) is 18.4 Å². The fraction of sp³-hybridized carbons (Fsp3) is 0.250. The molecule has 2 atom stereocenters. The number of hydrogen-bond acceptors (Lipinski definition) is 4. The van der Waals surface area contributed by atoms with E-state index in [1.807, 2.05) is 0 Å². The summed E-state index contributed by atoms with van der Waals surface area (Å²) in [6.45, 7) is 0.136. The third-order valence-electron chi connectivity index (χ3n) is 5.21. The average molecular weight is 471 g/mol. The third kappa shape index (κ3) is 4.28. The van der Waals surface area contributed by atoms with E-state index in [9.17, 15) is 21.6 Å². The molecule has 2 aromatic carbocycles. The number of aryl methyl sites for hydroxylation is 1. The van der Waals surface area contributed by atoms with Crippen molar-refractivity contribution in [1.29, 1.82) is 0 Å². The van der Waals surface area contributed by atoms with Gasteiger partial charge in [0.25, 0.3) is 10.0 Å². The standard InChI is InChI=1S/C20H18ClF3N4O2S/c1-27-10-19(25-11-27)31(29,30)28-8-15(12-2-4-13(22)5-3-12)18(9-28)26-14-6-16(21)20(24)17(23)7-14/h2-7,10-11,15,18,26H,8-9H2,1H3. The second-order valence-electron chi connectivity index (χ2n) is 7.36. The molecule has 1 aromatic heterocycles. The van der Waals surface area contributed by atoms with Crippen LogP contribution in [0.5, 0.6) is 0 Å². The van der Waals surface area contributed by atoms with E-state index >= 15 is 0 Å². The van der Waals surface area contributed by atoms with Crippen LogP contribution in [0.2, 0.25) is 5.02 Å². The van der Waals surface area contributed by atoms with E-state index in [2.05, 4.69) is 10.3 Å². The number of imidazole rings is 1. The second-order valence-corrected chi connectivity index (χ2v) is 9.65. The van der Waals surface area contributed by atoms with Crippen molar-refractivity contribution in [3.63, 3.8) is 0 Å². The van der Waals surface area contributed by atoms with E-state index in [0.717, 1.165) is 6.07 Å². The molecule has 1 fully saturated rings. The minimum absolute atomic E-state index is 0.0393. The maximum Gasteiger partial charge on any atom is 0.262 e. The fourth-order valence-corrected chi connectivity index (χ4v) is 5.33. The summed E-state index contributed by atoms with van der Waals surface area (Å²) in [6, 6.07) is 7.40. The average Bonchev–Trinajstić information content (AvgIpc) is 3.34. The van der Waals surface area contributed by atoms with Gasteiger partial charge in [-0.3, -0.25) is 0 Å². The van der Waals surface area contributed by atoms with Crippen LogP contribution in [-0.2, 0) is 17.1 Å². The molecule has 0 amide bonds. The quantitative estimate of drug-likeness (QED) is 0.577. The van der Waals surface area contributed by atoms with Crippen molar-refractivity contribution in [3.05, 3.63) is 77.0 Å². The van der Waals surface area contributed by atoms with Crippen LogP contribution in [-0.4, -0.2) is 41.4 Å². The predicted octanol–water partition coefficient (Wildman–Crippen LogP) is 3.76. The molecule has 11 heteroatoms. The highest BCUT2D eigenvalue weighted by Gasteiger charge is 2.41. The molecule has 164 valence electrons. The number of nitrogens with zero attached hydrogens (tertiary/aromatic N) is 3. The first-order valence-corrected chi connectivity index (χ1v) is 11.1. The van der Waals surface area contributed by atoms with Gasteiger partial charge in [-0.05, 0) is 23.8 Å². The van der Waals surface area contributed by atoms with E-state index in [4.69, 9.17) is 11.6 Å². The molecule has 1 saturated heterocycles. The van der Waals surface area contributed by atoms with E-state index < -0.39 is 38.5 Å². The minimum Gasteiger partial charge on any atom is -0.380 e. The molecule has 0 radical (unpaired) electrons. The van der Waals surface area contributed by atoms with E-state index in [-0.39, 0.29) is 29.7 Å². The summed E-state index contributed by atoms with van der Waals surface area (Å²) in [6.07, 6.45) is 2.79. The van der Waals surface area contributed by atoms with Crippen LogP contribution in [0, 0.1) is 17.5 Å². The van der Waals surface area contributed by atoms with Gasteiger partial charge in [-0.1, -0.05) is 23.7 Å². The highest BCUT2D eigenvalue weighted by atomic mass is 35.5. The number of anilines is 1. The van der Waals surface area contributed by atoms with Gasteiger partial charge in [0.15, 0.2) is 16.7 Å². The Morgan fingerprint density at radius 3 is 2.45 bits per heavy atom. The number of hydrogen-bond donors (Lipinski definition) is 1. The number of benzene rings is 2. The molecule has 1 N–H and O–H groups in total. The van der Waals surface area contributed by atoms with Crippen LogP contribution in [0.25, 0.3) is 0 Å². The molecule has 0 aliphatic carbocycles. The molecular weight excluding hydrogens is 453 g/mol. The molecule has 0 saturated carbocycles. The van der Waals surface area contributed by atoms with Crippen LogP contribution in [0.1, 0.15) is 11.5 Å². The Labute approximate surface area is 182 Å². The van der Waals surface area contributed by atoms with Crippen LogP contribution < -0.4 is 5.32 Å².